The molecule has 0 aliphatic carbocycles. The molecule has 1 unspecified atom stereocenters. The largest absolute Gasteiger partial charge is 0.450 e. The van der Waals surface area contributed by atoms with Crippen LogP contribution in [0.1, 0.15) is 20.3 Å². The maximum Gasteiger partial charge on any atom is 0.436 e. The third-order valence-corrected chi connectivity index (χ3v) is 3.69. The molecule has 0 aromatic heterocycles. The van der Waals surface area contributed by atoms with Crippen molar-refractivity contribution in [2.75, 3.05) is 26.3 Å². The van der Waals surface area contributed by atoms with Crippen molar-refractivity contribution in [3.63, 3.8) is 0 Å². The summed E-state index contributed by atoms with van der Waals surface area (Å²) in [5.41, 5.74) is 0. The molecule has 1 heterocycles. The Hall–Kier alpha value is -2.97. The average Bonchev–Trinajstić information content (AvgIpc) is 2.63. The van der Waals surface area contributed by atoms with Gasteiger partial charge in [-0.05, 0) is 13.8 Å². The molecule has 30 heavy (non-hydrogen) atoms. The van der Waals surface area contributed by atoms with Crippen LogP contribution in [0.4, 0.5) is 9.59 Å². The molecule has 0 saturated heterocycles. The number of ether oxygens (including phenoxy) is 2. The quantitative estimate of drug-likeness (QED) is 0.387. The number of nitrogens with zero attached hydrogens (tertiary/aromatic N) is 4. The van der Waals surface area contributed by atoms with Crippen molar-refractivity contribution in [2.45, 2.75) is 26.4 Å². The fraction of sp³-hybridized carbons (Fsp3) is 0.500. The van der Waals surface area contributed by atoms with Gasteiger partial charge in [0.15, 0.2) is 0 Å². The van der Waals surface area contributed by atoms with Crippen LogP contribution in [0.15, 0.2) is 35.3 Å². The summed E-state index contributed by atoms with van der Waals surface area (Å²) < 4.78 is 45.8. The highest BCUT2D eigenvalue weighted by Gasteiger charge is 2.36. The van der Waals surface area contributed by atoms with Gasteiger partial charge >= 0.3 is 22.6 Å². The first-order valence-electron chi connectivity index (χ1n) is 8.84. The number of guanidine groups is 1. The minimum atomic E-state index is -5.06. The van der Waals surface area contributed by atoms with E-state index in [1.165, 1.54) is 0 Å². The molecule has 0 saturated carbocycles. The Kier molecular flexibility index (Phi) is 9.94. The first-order chi connectivity index (χ1) is 14.1. The predicted molar refractivity (Wildman–Crippen MR) is 107 cm³/mol. The number of alkyl carbamates (subject to hydrolysis) is 1. The van der Waals surface area contributed by atoms with Crippen LogP contribution in [0, 0.1) is 0 Å². The summed E-state index contributed by atoms with van der Waals surface area (Å²) in [7, 11) is -5.06. The number of rotatable bonds is 9. The molecule has 0 spiro atoms. The summed E-state index contributed by atoms with van der Waals surface area (Å²) in [5, 5.41) is 2.83. The van der Waals surface area contributed by atoms with Gasteiger partial charge < -0.3 is 14.4 Å². The number of hydroxylamine groups is 2. The Morgan fingerprint density at radius 3 is 2.40 bits per heavy atom. The molecular weight excluding hydrogens is 422 g/mol. The summed E-state index contributed by atoms with van der Waals surface area (Å²) in [6, 6.07) is 0. The number of carbonyl (C=O) groups excluding carboxylic acids is 2. The number of carbonyl (C=O) groups is 2. The van der Waals surface area contributed by atoms with Crippen molar-refractivity contribution in [3.8, 4) is 0 Å². The first kappa shape index (κ1) is 25.1. The van der Waals surface area contributed by atoms with Crippen LogP contribution >= 0.6 is 0 Å². The lowest BCUT2D eigenvalue weighted by atomic mass is 10.2. The van der Waals surface area contributed by atoms with E-state index in [2.05, 4.69) is 32.7 Å². The zero-order valence-electron chi connectivity index (χ0n) is 16.7. The van der Waals surface area contributed by atoms with Gasteiger partial charge in [-0.3, -0.25) is 9.87 Å². The third kappa shape index (κ3) is 8.18. The van der Waals surface area contributed by atoms with E-state index < -0.39 is 34.7 Å². The molecule has 168 valence electrons. The molecule has 2 N–H and O–H groups in total. The second-order valence-electron chi connectivity index (χ2n) is 5.53. The monoisotopic (exact) mass is 447 g/mol. The SMILES string of the molecule is C=CCN(CC=C)C1=NC(=NC(=O)OCC)N(OS(=O)(=O)O)C(NC(=O)OCC)C1. The first-order valence-corrected chi connectivity index (χ1v) is 10.2. The Bertz CT molecular complexity index is 800. The second-order valence-corrected chi connectivity index (χ2v) is 6.54. The number of hydrogen-bond acceptors (Lipinski definition) is 8. The van der Waals surface area contributed by atoms with Crippen molar-refractivity contribution < 1.29 is 36.3 Å². The Morgan fingerprint density at radius 1 is 1.30 bits per heavy atom. The standard InChI is InChI=1S/C16H25N5O8S/c1-5-9-20(10-6-2)12-11-13(18-15(22)27-7-3)21(29-30(24,25)26)14(17-12)19-16(23)28-8-4/h5-6,13H,1-2,7-11H2,3-4H3,(H,18,22)(H,24,25,26). The zero-order valence-corrected chi connectivity index (χ0v) is 17.5. The second kappa shape index (κ2) is 11.9. The highest BCUT2D eigenvalue weighted by molar-refractivity contribution is 7.80. The van der Waals surface area contributed by atoms with Gasteiger partial charge in [0, 0.05) is 19.5 Å². The highest BCUT2D eigenvalue weighted by atomic mass is 32.3. The average molecular weight is 447 g/mol. The molecule has 1 aliphatic rings. The van der Waals surface area contributed by atoms with Crippen LogP contribution in [0.3, 0.4) is 0 Å². The van der Waals surface area contributed by atoms with E-state index in [-0.39, 0.29) is 19.6 Å². The van der Waals surface area contributed by atoms with Gasteiger partial charge in [-0.2, -0.15) is 18.5 Å². The van der Waals surface area contributed by atoms with Gasteiger partial charge in [0.2, 0.25) is 0 Å². The molecule has 1 atom stereocenters. The van der Waals surface area contributed by atoms with E-state index in [1.807, 2.05) is 0 Å². The van der Waals surface area contributed by atoms with Gasteiger partial charge in [0.25, 0.3) is 5.96 Å². The van der Waals surface area contributed by atoms with E-state index in [0.29, 0.717) is 24.0 Å². The molecule has 0 bridgehead atoms. The van der Waals surface area contributed by atoms with Gasteiger partial charge in [-0.15, -0.1) is 22.4 Å². The van der Waals surface area contributed by atoms with Crippen molar-refractivity contribution in [1.29, 1.82) is 0 Å². The molecule has 1 aliphatic heterocycles. The van der Waals surface area contributed by atoms with E-state index in [9.17, 15) is 18.0 Å². The van der Waals surface area contributed by atoms with Gasteiger partial charge in [0.05, 0.1) is 13.2 Å². The molecule has 14 heteroatoms. The van der Waals surface area contributed by atoms with Crippen LogP contribution in [0.2, 0.25) is 0 Å². The fourth-order valence-electron chi connectivity index (χ4n) is 2.32. The number of hydrogen-bond donors (Lipinski definition) is 2. The van der Waals surface area contributed by atoms with Crippen LogP contribution < -0.4 is 5.32 Å². The summed E-state index contributed by atoms with van der Waals surface area (Å²) in [6.45, 7) is 11.1. The number of aliphatic imine (C=N–C) groups is 2. The predicted octanol–water partition coefficient (Wildman–Crippen LogP) is 1.08. The van der Waals surface area contributed by atoms with Gasteiger partial charge in [-0.1, -0.05) is 12.2 Å². The lowest BCUT2D eigenvalue weighted by Crippen LogP contribution is -2.56. The lowest BCUT2D eigenvalue weighted by molar-refractivity contribution is -0.0389. The van der Waals surface area contributed by atoms with Crippen LogP contribution in [0.25, 0.3) is 0 Å². The molecule has 0 radical (unpaired) electrons. The Balaban J connectivity index is 3.47. The van der Waals surface area contributed by atoms with Gasteiger partial charge in [0.1, 0.15) is 12.0 Å². The molecule has 0 fully saturated rings. The summed E-state index contributed by atoms with van der Waals surface area (Å²) in [6.07, 6.45) is -0.176. The van der Waals surface area contributed by atoms with E-state index >= 15 is 0 Å². The maximum atomic E-state index is 11.9. The summed E-state index contributed by atoms with van der Waals surface area (Å²) >= 11 is 0. The zero-order chi connectivity index (χ0) is 22.7. The van der Waals surface area contributed by atoms with Crippen molar-refractivity contribution >= 4 is 34.4 Å². The normalized spacial score (nSPS) is 17.7. The molecular formula is C16H25N5O8S. The number of nitrogens with one attached hydrogen (secondary N) is 1. The molecule has 13 nitrogen and oxygen atoms in total. The smallest absolute Gasteiger partial charge is 0.436 e. The minimum Gasteiger partial charge on any atom is -0.450 e. The minimum absolute atomic E-state index is 0.00506. The molecule has 0 aromatic carbocycles. The summed E-state index contributed by atoms with van der Waals surface area (Å²) in [4.78, 5) is 33.2. The highest BCUT2D eigenvalue weighted by Crippen LogP contribution is 2.18. The molecule has 0 aromatic rings. The Morgan fingerprint density at radius 2 is 1.90 bits per heavy atom. The van der Waals surface area contributed by atoms with Crippen molar-refractivity contribution in [1.82, 2.24) is 15.3 Å². The van der Waals surface area contributed by atoms with Gasteiger partial charge in [-0.25, -0.2) is 9.59 Å². The Labute approximate surface area is 174 Å². The third-order valence-electron chi connectivity index (χ3n) is 3.34. The fourth-order valence-corrected chi connectivity index (χ4v) is 2.69. The van der Waals surface area contributed by atoms with Crippen molar-refractivity contribution in [2.24, 2.45) is 9.98 Å². The number of amidine groups is 1. The topological polar surface area (TPSA) is 159 Å². The maximum absolute atomic E-state index is 11.9. The molecule has 2 amide bonds. The van der Waals surface area contributed by atoms with E-state index in [1.54, 1.807) is 30.9 Å². The van der Waals surface area contributed by atoms with Crippen LogP contribution in [-0.4, -0.2) is 79.4 Å². The molecule has 1 rings (SSSR count). The van der Waals surface area contributed by atoms with Crippen LogP contribution in [0.5, 0.6) is 0 Å². The van der Waals surface area contributed by atoms with E-state index in [0.717, 1.165) is 0 Å². The lowest BCUT2D eigenvalue weighted by Gasteiger charge is -2.36. The van der Waals surface area contributed by atoms with E-state index in [4.69, 9.17) is 14.0 Å². The van der Waals surface area contributed by atoms with Crippen molar-refractivity contribution in [3.05, 3.63) is 25.3 Å². The summed E-state index contributed by atoms with van der Waals surface area (Å²) in [5.74, 6) is -0.276. The number of amides is 2. The van der Waals surface area contributed by atoms with Crippen LogP contribution in [-0.2, 0) is 24.2 Å².